The van der Waals surface area contributed by atoms with Gasteiger partial charge in [-0.05, 0) is 43.5 Å². The maximum Gasteiger partial charge on any atom is 0.256 e. The van der Waals surface area contributed by atoms with Crippen LogP contribution in [0.25, 0.3) is 0 Å². The minimum Gasteiger partial charge on any atom is -0.377 e. The first-order chi connectivity index (χ1) is 11.2. The molecule has 0 radical (unpaired) electrons. The van der Waals surface area contributed by atoms with E-state index in [2.05, 4.69) is 5.32 Å². The lowest BCUT2D eigenvalue weighted by Crippen LogP contribution is -2.14. The summed E-state index contributed by atoms with van der Waals surface area (Å²) in [4.78, 5) is 13.6. The van der Waals surface area contributed by atoms with Crippen LogP contribution in [0.2, 0.25) is 0 Å². The number of nitrogens with one attached hydrogen (secondary N) is 1. The van der Waals surface area contributed by atoms with Crippen LogP contribution in [0.4, 0.5) is 5.69 Å². The second-order valence-electron chi connectivity index (χ2n) is 5.71. The van der Waals surface area contributed by atoms with E-state index in [4.69, 9.17) is 4.74 Å². The highest BCUT2D eigenvalue weighted by Crippen LogP contribution is 2.27. The van der Waals surface area contributed by atoms with Gasteiger partial charge in [0.2, 0.25) is 0 Å². The van der Waals surface area contributed by atoms with E-state index in [1.807, 2.05) is 55.5 Å². The Hall–Kier alpha value is -1.78. The van der Waals surface area contributed by atoms with Gasteiger partial charge in [0.1, 0.15) is 0 Å². The number of aryl methyl sites for hydroxylation is 1. The molecule has 2 aromatic carbocycles. The summed E-state index contributed by atoms with van der Waals surface area (Å²) in [5.74, 6) is 0.837. The lowest BCUT2D eigenvalue weighted by molar-refractivity contribution is 0.102. The molecule has 0 saturated carbocycles. The number of para-hydroxylation sites is 1. The number of ether oxygens (including phenoxy) is 1. The quantitative estimate of drug-likeness (QED) is 0.821. The van der Waals surface area contributed by atoms with E-state index in [0.29, 0.717) is 6.10 Å². The summed E-state index contributed by atoms with van der Waals surface area (Å²) in [5.41, 5.74) is 2.64. The van der Waals surface area contributed by atoms with Gasteiger partial charge in [-0.1, -0.05) is 30.3 Å². The van der Waals surface area contributed by atoms with E-state index in [1.54, 1.807) is 11.8 Å². The maximum atomic E-state index is 12.6. The van der Waals surface area contributed by atoms with Gasteiger partial charge in [-0.2, -0.15) is 0 Å². The second kappa shape index (κ2) is 7.66. The fraction of sp³-hybridized carbons (Fsp3) is 0.316. The van der Waals surface area contributed by atoms with Crippen molar-refractivity contribution in [3.8, 4) is 0 Å². The SMILES string of the molecule is Cc1ccccc1NC(=O)c1ccccc1SC[C@@H]1CCCO1. The van der Waals surface area contributed by atoms with Gasteiger partial charge in [-0.25, -0.2) is 0 Å². The Morgan fingerprint density at radius 2 is 2.00 bits per heavy atom. The van der Waals surface area contributed by atoms with Crippen LogP contribution in [0.5, 0.6) is 0 Å². The van der Waals surface area contributed by atoms with Crippen LogP contribution < -0.4 is 5.32 Å². The normalized spacial score (nSPS) is 17.2. The standard InChI is InChI=1S/C19H21NO2S/c1-14-7-2-4-10-17(14)20-19(21)16-9-3-5-11-18(16)23-13-15-8-6-12-22-15/h2-5,7,9-11,15H,6,8,12-13H2,1H3,(H,20,21)/t15-/m0/s1. The molecule has 120 valence electrons. The number of hydrogen-bond acceptors (Lipinski definition) is 3. The lowest BCUT2D eigenvalue weighted by atomic mass is 10.1. The third kappa shape index (κ3) is 4.15. The average Bonchev–Trinajstić information content (AvgIpc) is 3.09. The van der Waals surface area contributed by atoms with Crippen LogP contribution in [0, 0.1) is 6.92 Å². The third-order valence-corrected chi connectivity index (χ3v) is 5.18. The monoisotopic (exact) mass is 327 g/mol. The zero-order chi connectivity index (χ0) is 16.1. The van der Waals surface area contributed by atoms with Crippen LogP contribution in [0.3, 0.4) is 0 Å². The largest absolute Gasteiger partial charge is 0.377 e. The van der Waals surface area contributed by atoms with E-state index in [9.17, 15) is 4.79 Å². The van der Waals surface area contributed by atoms with Crippen molar-refractivity contribution in [1.29, 1.82) is 0 Å². The fourth-order valence-corrected chi connectivity index (χ4v) is 3.76. The van der Waals surface area contributed by atoms with Gasteiger partial charge in [0, 0.05) is 22.9 Å². The van der Waals surface area contributed by atoms with Gasteiger partial charge in [-0.3, -0.25) is 4.79 Å². The Labute approximate surface area is 141 Å². The van der Waals surface area contributed by atoms with Crippen molar-refractivity contribution in [2.24, 2.45) is 0 Å². The highest BCUT2D eigenvalue weighted by molar-refractivity contribution is 7.99. The van der Waals surface area contributed by atoms with E-state index in [-0.39, 0.29) is 5.91 Å². The van der Waals surface area contributed by atoms with E-state index >= 15 is 0 Å². The molecule has 23 heavy (non-hydrogen) atoms. The molecule has 3 nitrogen and oxygen atoms in total. The van der Waals surface area contributed by atoms with Crippen molar-refractivity contribution in [3.63, 3.8) is 0 Å². The second-order valence-corrected chi connectivity index (χ2v) is 6.77. The van der Waals surface area contributed by atoms with E-state index in [0.717, 1.165) is 46.9 Å². The summed E-state index contributed by atoms with van der Waals surface area (Å²) in [7, 11) is 0. The highest BCUT2D eigenvalue weighted by atomic mass is 32.2. The molecule has 1 heterocycles. The summed E-state index contributed by atoms with van der Waals surface area (Å²) in [6.07, 6.45) is 2.57. The molecule has 0 aliphatic carbocycles. The van der Waals surface area contributed by atoms with Gasteiger partial charge >= 0.3 is 0 Å². The summed E-state index contributed by atoms with van der Waals surface area (Å²) in [5, 5.41) is 3.01. The highest BCUT2D eigenvalue weighted by Gasteiger charge is 2.18. The fourth-order valence-electron chi connectivity index (χ4n) is 2.64. The van der Waals surface area contributed by atoms with Crippen LogP contribution in [-0.2, 0) is 4.74 Å². The van der Waals surface area contributed by atoms with Gasteiger partial charge in [0.15, 0.2) is 0 Å². The van der Waals surface area contributed by atoms with E-state index < -0.39 is 0 Å². The molecule has 2 aromatic rings. The minimum atomic E-state index is -0.0604. The molecule has 0 bridgehead atoms. The Kier molecular flexibility index (Phi) is 5.36. The Morgan fingerprint density at radius 1 is 1.22 bits per heavy atom. The first-order valence-corrected chi connectivity index (χ1v) is 8.93. The number of rotatable bonds is 5. The van der Waals surface area contributed by atoms with Gasteiger partial charge in [0.05, 0.1) is 11.7 Å². The number of carbonyl (C=O) groups excluding carboxylic acids is 1. The molecule has 0 aromatic heterocycles. The molecule has 1 aliphatic rings. The summed E-state index contributed by atoms with van der Waals surface area (Å²) >= 11 is 1.70. The molecule has 3 rings (SSSR count). The number of thioether (sulfide) groups is 1. The first-order valence-electron chi connectivity index (χ1n) is 7.94. The molecular formula is C19H21NO2S. The number of carbonyl (C=O) groups is 1. The van der Waals surface area contributed by atoms with Crippen molar-refractivity contribution >= 4 is 23.4 Å². The zero-order valence-electron chi connectivity index (χ0n) is 13.2. The van der Waals surface area contributed by atoms with Crippen LogP contribution >= 0.6 is 11.8 Å². The van der Waals surface area contributed by atoms with Gasteiger partial charge in [-0.15, -0.1) is 11.8 Å². The predicted octanol–water partition coefficient (Wildman–Crippen LogP) is 4.52. The third-order valence-electron chi connectivity index (χ3n) is 3.97. The molecule has 0 spiro atoms. The van der Waals surface area contributed by atoms with Crippen LogP contribution in [0.15, 0.2) is 53.4 Å². The van der Waals surface area contributed by atoms with Crippen LogP contribution in [0.1, 0.15) is 28.8 Å². The van der Waals surface area contributed by atoms with Crippen molar-refractivity contribution in [3.05, 3.63) is 59.7 Å². The lowest BCUT2D eigenvalue weighted by Gasteiger charge is -2.13. The average molecular weight is 327 g/mol. The number of anilines is 1. The summed E-state index contributed by atoms with van der Waals surface area (Å²) < 4.78 is 5.67. The Bertz CT molecular complexity index is 681. The van der Waals surface area contributed by atoms with Crippen LogP contribution in [-0.4, -0.2) is 24.4 Å². The molecule has 0 unspecified atom stereocenters. The number of amides is 1. The summed E-state index contributed by atoms with van der Waals surface area (Å²) in [6, 6.07) is 15.6. The van der Waals surface area contributed by atoms with Crippen molar-refractivity contribution in [1.82, 2.24) is 0 Å². The maximum absolute atomic E-state index is 12.6. The number of benzene rings is 2. The predicted molar refractivity (Wildman–Crippen MR) is 95.3 cm³/mol. The van der Waals surface area contributed by atoms with Crippen molar-refractivity contribution < 1.29 is 9.53 Å². The minimum absolute atomic E-state index is 0.0604. The first kappa shape index (κ1) is 16.1. The van der Waals surface area contributed by atoms with Crippen molar-refractivity contribution in [2.75, 3.05) is 17.7 Å². The van der Waals surface area contributed by atoms with E-state index in [1.165, 1.54) is 0 Å². The van der Waals surface area contributed by atoms with Gasteiger partial charge < -0.3 is 10.1 Å². The molecule has 1 fully saturated rings. The van der Waals surface area contributed by atoms with Crippen molar-refractivity contribution in [2.45, 2.75) is 30.8 Å². The molecule has 1 saturated heterocycles. The molecule has 1 atom stereocenters. The molecule has 1 amide bonds. The molecular weight excluding hydrogens is 306 g/mol. The Balaban J connectivity index is 1.71. The topological polar surface area (TPSA) is 38.3 Å². The Morgan fingerprint density at radius 3 is 2.78 bits per heavy atom. The number of hydrogen-bond donors (Lipinski definition) is 1. The zero-order valence-corrected chi connectivity index (χ0v) is 14.1. The molecule has 1 N–H and O–H groups in total. The summed E-state index contributed by atoms with van der Waals surface area (Å²) in [6.45, 7) is 2.86. The molecule has 4 heteroatoms. The van der Waals surface area contributed by atoms with Gasteiger partial charge in [0.25, 0.3) is 5.91 Å². The smallest absolute Gasteiger partial charge is 0.256 e. The molecule has 1 aliphatic heterocycles.